The molecule has 0 amide bonds. The van der Waals surface area contributed by atoms with Gasteiger partial charge < -0.3 is 4.42 Å². The van der Waals surface area contributed by atoms with Crippen LogP contribution in [0.5, 0.6) is 0 Å². The standard InChI is InChI=1S/C16H15N3OS/c1-2-12-5-7-13(8-6-12)15-11-21-16(18-15)19-17-10-14-4-3-9-20-14/h3-11H,2H2,1H3,(H,18,19). The van der Waals surface area contributed by atoms with Crippen LogP contribution in [0.15, 0.2) is 57.6 Å². The second-order valence-corrected chi connectivity index (χ2v) is 5.33. The molecule has 0 saturated heterocycles. The molecule has 0 spiro atoms. The highest BCUT2D eigenvalue weighted by Gasteiger charge is 2.03. The van der Waals surface area contributed by atoms with Gasteiger partial charge in [0.2, 0.25) is 5.13 Å². The Morgan fingerprint density at radius 1 is 1.29 bits per heavy atom. The predicted octanol–water partition coefficient (Wildman–Crippen LogP) is 4.41. The number of benzene rings is 1. The van der Waals surface area contributed by atoms with Crippen molar-refractivity contribution in [1.82, 2.24) is 4.98 Å². The van der Waals surface area contributed by atoms with Crippen molar-refractivity contribution < 1.29 is 4.42 Å². The van der Waals surface area contributed by atoms with Crippen molar-refractivity contribution in [2.24, 2.45) is 5.10 Å². The Hall–Kier alpha value is -2.40. The van der Waals surface area contributed by atoms with E-state index in [4.69, 9.17) is 4.42 Å². The van der Waals surface area contributed by atoms with Crippen LogP contribution in [0.2, 0.25) is 0 Å². The maximum atomic E-state index is 5.16. The quantitative estimate of drug-likeness (QED) is 0.560. The minimum atomic E-state index is 0.703. The summed E-state index contributed by atoms with van der Waals surface area (Å²) < 4.78 is 5.16. The zero-order valence-electron chi connectivity index (χ0n) is 11.6. The number of hydrazone groups is 1. The van der Waals surface area contributed by atoms with Crippen molar-refractivity contribution in [2.45, 2.75) is 13.3 Å². The van der Waals surface area contributed by atoms with Gasteiger partial charge in [0.1, 0.15) is 5.76 Å². The molecule has 0 aliphatic rings. The molecule has 21 heavy (non-hydrogen) atoms. The molecule has 3 aromatic rings. The van der Waals surface area contributed by atoms with E-state index in [2.05, 4.69) is 46.7 Å². The molecule has 1 aromatic carbocycles. The smallest absolute Gasteiger partial charge is 0.203 e. The van der Waals surface area contributed by atoms with E-state index < -0.39 is 0 Å². The third-order valence-corrected chi connectivity index (χ3v) is 3.80. The highest BCUT2D eigenvalue weighted by atomic mass is 32.1. The molecule has 2 heterocycles. The fourth-order valence-electron chi connectivity index (χ4n) is 1.88. The fraction of sp³-hybridized carbons (Fsp3) is 0.125. The molecule has 4 nitrogen and oxygen atoms in total. The third kappa shape index (κ3) is 3.38. The van der Waals surface area contributed by atoms with Crippen LogP contribution in [0.25, 0.3) is 11.3 Å². The molecule has 0 atom stereocenters. The van der Waals surface area contributed by atoms with Crippen LogP contribution in [0, 0.1) is 0 Å². The molecule has 0 saturated carbocycles. The second-order valence-electron chi connectivity index (χ2n) is 4.47. The Labute approximate surface area is 127 Å². The third-order valence-electron chi connectivity index (χ3n) is 3.06. The summed E-state index contributed by atoms with van der Waals surface area (Å²) in [5.74, 6) is 0.703. The Kier molecular flexibility index (Phi) is 4.12. The maximum absolute atomic E-state index is 5.16. The molecule has 5 heteroatoms. The van der Waals surface area contributed by atoms with Crippen LogP contribution in [0.4, 0.5) is 5.13 Å². The summed E-state index contributed by atoms with van der Waals surface area (Å²) >= 11 is 1.52. The molecule has 0 aliphatic heterocycles. The molecule has 0 fully saturated rings. The summed E-state index contributed by atoms with van der Waals surface area (Å²) in [4.78, 5) is 4.52. The zero-order chi connectivity index (χ0) is 14.5. The average Bonchev–Trinajstić information content (AvgIpc) is 3.19. The molecule has 0 unspecified atom stereocenters. The largest absolute Gasteiger partial charge is 0.463 e. The number of hydrogen-bond donors (Lipinski definition) is 1. The summed E-state index contributed by atoms with van der Waals surface area (Å²) in [5, 5.41) is 6.87. The molecular weight excluding hydrogens is 282 g/mol. The number of thiazole rings is 1. The number of rotatable bonds is 5. The topological polar surface area (TPSA) is 50.4 Å². The molecule has 106 valence electrons. The number of hydrogen-bond acceptors (Lipinski definition) is 5. The van der Waals surface area contributed by atoms with Crippen LogP contribution in [0.1, 0.15) is 18.2 Å². The van der Waals surface area contributed by atoms with E-state index in [1.165, 1.54) is 16.9 Å². The number of nitrogens with one attached hydrogen (secondary N) is 1. The number of aromatic nitrogens is 1. The normalized spacial score (nSPS) is 11.1. The first-order valence-corrected chi connectivity index (χ1v) is 7.60. The summed E-state index contributed by atoms with van der Waals surface area (Å²) in [6.07, 6.45) is 4.28. The van der Waals surface area contributed by atoms with Crippen molar-refractivity contribution >= 4 is 22.7 Å². The minimum Gasteiger partial charge on any atom is -0.463 e. The van der Waals surface area contributed by atoms with E-state index in [9.17, 15) is 0 Å². The van der Waals surface area contributed by atoms with Gasteiger partial charge in [-0.05, 0) is 24.1 Å². The van der Waals surface area contributed by atoms with Gasteiger partial charge in [-0.15, -0.1) is 11.3 Å². The van der Waals surface area contributed by atoms with E-state index in [-0.39, 0.29) is 0 Å². The van der Waals surface area contributed by atoms with E-state index in [0.29, 0.717) is 5.76 Å². The van der Waals surface area contributed by atoms with Crippen molar-refractivity contribution in [3.63, 3.8) is 0 Å². The average molecular weight is 297 g/mol. The van der Waals surface area contributed by atoms with Gasteiger partial charge in [-0.1, -0.05) is 31.2 Å². The predicted molar refractivity (Wildman–Crippen MR) is 86.9 cm³/mol. The molecule has 0 aliphatic carbocycles. The van der Waals surface area contributed by atoms with Crippen molar-refractivity contribution in [1.29, 1.82) is 0 Å². The van der Waals surface area contributed by atoms with Crippen molar-refractivity contribution in [3.05, 3.63) is 59.4 Å². The molecule has 1 N–H and O–H groups in total. The number of anilines is 1. The van der Waals surface area contributed by atoms with E-state index >= 15 is 0 Å². The van der Waals surface area contributed by atoms with Gasteiger partial charge in [0.15, 0.2) is 0 Å². The Balaban J connectivity index is 1.68. The Morgan fingerprint density at radius 3 is 2.86 bits per heavy atom. The first-order chi connectivity index (χ1) is 10.3. The van der Waals surface area contributed by atoms with Crippen molar-refractivity contribution in [2.75, 3.05) is 5.43 Å². The van der Waals surface area contributed by atoms with Crippen LogP contribution < -0.4 is 5.43 Å². The zero-order valence-corrected chi connectivity index (χ0v) is 12.4. The number of furan rings is 1. The van der Waals surface area contributed by atoms with Crippen LogP contribution in [-0.4, -0.2) is 11.2 Å². The highest BCUT2D eigenvalue weighted by molar-refractivity contribution is 7.14. The van der Waals surface area contributed by atoms with Gasteiger partial charge in [-0.25, -0.2) is 4.98 Å². The minimum absolute atomic E-state index is 0.703. The molecule has 0 radical (unpaired) electrons. The summed E-state index contributed by atoms with van der Waals surface area (Å²) in [6, 6.07) is 12.1. The lowest BCUT2D eigenvalue weighted by molar-refractivity contribution is 0.560. The second kappa shape index (κ2) is 6.37. The van der Waals surface area contributed by atoms with Gasteiger partial charge in [0, 0.05) is 10.9 Å². The lowest BCUT2D eigenvalue weighted by atomic mass is 10.1. The van der Waals surface area contributed by atoms with Gasteiger partial charge in [-0.2, -0.15) is 5.10 Å². The Morgan fingerprint density at radius 2 is 2.14 bits per heavy atom. The highest BCUT2D eigenvalue weighted by Crippen LogP contribution is 2.25. The van der Waals surface area contributed by atoms with Gasteiger partial charge >= 0.3 is 0 Å². The maximum Gasteiger partial charge on any atom is 0.203 e. The van der Waals surface area contributed by atoms with E-state index in [0.717, 1.165) is 22.8 Å². The summed E-state index contributed by atoms with van der Waals surface area (Å²) in [6.45, 7) is 2.15. The fourth-order valence-corrected chi connectivity index (χ4v) is 2.55. The van der Waals surface area contributed by atoms with Crippen LogP contribution in [-0.2, 0) is 6.42 Å². The first kappa shape index (κ1) is 13.6. The summed E-state index contributed by atoms with van der Waals surface area (Å²) in [5.41, 5.74) is 6.32. The summed E-state index contributed by atoms with van der Waals surface area (Å²) in [7, 11) is 0. The molecule has 3 rings (SSSR count). The van der Waals surface area contributed by atoms with Gasteiger partial charge in [-0.3, -0.25) is 5.43 Å². The number of aryl methyl sites for hydroxylation is 1. The van der Waals surface area contributed by atoms with Crippen molar-refractivity contribution in [3.8, 4) is 11.3 Å². The monoisotopic (exact) mass is 297 g/mol. The van der Waals surface area contributed by atoms with E-state index in [1.54, 1.807) is 12.5 Å². The Bertz CT molecular complexity index is 714. The van der Waals surface area contributed by atoms with Crippen LogP contribution in [0.3, 0.4) is 0 Å². The SMILES string of the molecule is CCc1ccc(-c2csc(NN=Cc3ccco3)n2)cc1. The van der Waals surface area contributed by atoms with Gasteiger partial charge in [0.05, 0.1) is 18.2 Å². The first-order valence-electron chi connectivity index (χ1n) is 6.72. The lowest BCUT2D eigenvalue weighted by Gasteiger charge is -1.99. The molecular formula is C16H15N3OS. The number of nitrogens with zero attached hydrogens (tertiary/aromatic N) is 2. The van der Waals surface area contributed by atoms with E-state index in [1.807, 2.05) is 17.5 Å². The molecule has 2 aromatic heterocycles. The van der Waals surface area contributed by atoms with Crippen LogP contribution >= 0.6 is 11.3 Å². The van der Waals surface area contributed by atoms with Gasteiger partial charge in [0.25, 0.3) is 0 Å². The molecule has 0 bridgehead atoms. The lowest BCUT2D eigenvalue weighted by Crippen LogP contribution is -1.89.